The molecular formula is C11H13BrClN7. The molecule has 0 unspecified atom stereocenters. The molecule has 1 heterocycles. The fraction of sp³-hybridized carbons (Fsp3) is 0.182. The Kier molecular flexibility index (Phi) is 4.58. The van der Waals surface area contributed by atoms with Gasteiger partial charge in [0, 0.05) is 23.6 Å². The van der Waals surface area contributed by atoms with Gasteiger partial charge in [-0.15, -0.1) is 0 Å². The highest BCUT2D eigenvalue weighted by molar-refractivity contribution is 9.10. The Balaban J connectivity index is 2.34. The second kappa shape index (κ2) is 6.21. The van der Waals surface area contributed by atoms with E-state index < -0.39 is 0 Å². The minimum absolute atomic E-state index is 0.274. The molecule has 2 rings (SSSR count). The lowest BCUT2D eigenvalue weighted by Gasteiger charge is -2.13. The summed E-state index contributed by atoms with van der Waals surface area (Å²) >= 11 is 9.32. The van der Waals surface area contributed by atoms with Gasteiger partial charge in [-0.2, -0.15) is 15.0 Å². The first kappa shape index (κ1) is 14.8. The van der Waals surface area contributed by atoms with Crippen LogP contribution in [0.5, 0.6) is 0 Å². The molecule has 1 aromatic carbocycles. The van der Waals surface area contributed by atoms with Gasteiger partial charge in [0.05, 0.1) is 5.69 Å². The van der Waals surface area contributed by atoms with E-state index in [1.165, 1.54) is 0 Å². The number of hydrogen-bond donors (Lipinski definition) is 3. The van der Waals surface area contributed by atoms with Gasteiger partial charge in [-0.25, -0.2) is 5.84 Å². The first-order valence-electron chi connectivity index (χ1n) is 5.61. The molecular weight excluding hydrogens is 346 g/mol. The minimum atomic E-state index is 0.274. The third-order valence-corrected chi connectivity index (χ3v) is 3.22. The normalized spacial score (nSPS) is 10.2. The highest BCUT2D eigenvalue weighted by atomic mass is 79.9. The molecule has 0 spiro atoms. The number of anilines is 4. The highest BCUT2D eigenvalue weighted by Gasteiger charge is 2.09. The van der Waals surface area contributed by atoms with Gasteiger partial charge in [0.2, 0.25) is 17.8 Å². The van der Waals surface area contributed by atoms with Gasteiger partial charge in [-0.1, -0.05) is 11.6 Å². The van der Waals surface area contributed by atoms with Crippen molar-refractivity contribution in [1.82, 2.24) is 15.0 Å². The Morgan fingerprint density at radius 3 is 2.50 bits per heavy atom. The van der Waals surface area contributed by atoms with Gasteiger partial charge in [0.15, 0.2) is 0 Å². The summed E-state index contributed by atoms with van der Waals surface area (Å²) < 4.78 is 0.805. The van der Waals surface area contributed by atoms with Crippen LogP contribution < -0.4 is 21.5 Å². The smallest absolute Gasteiger partial charge is 0.243 e. The van der Waals surface area contributed by atoms with E-state index in [9.17, 15) is 0 Å². The van der Waals surface area contributed by atoms with E-state index in [1.807, 2.05) is 20.2 Å². The van der Waals surface area contributed by atoms with Crippen LogP contribution in [-0.4, -0.2) is 29.0 Å². The minimum Gasteiger partial charge on any atom is -0.347 e. The molecule has 106 valence electrons. The Morgan fingerprint density at radius 1 is 1.20 bits per heavy atom. The van der Waals surface area contributed by atoms with Crippen molar-refractivity contribution in [2.75, 3.05) is 29.7 Å². The Labute approximate surface area is 129 Å². The van der Waals surface area contributed by atoms with E-state index in [0.29, 0.717) is 16.9 Å². The maximum Gasteiger partial charge on any atom is 0.243 e. The quantitative estimate of drug-likeness (QED) is 0.571. The van der Waals surface area contributed by atoms with Crippen molar-refractivity contribution in [3.05, 3.63) is 27.7 Å². The molecule has 0 amide bonds. The van der Waals surface area contributed by atoms with Gasteiger partial charge in [0.25, 0.3) is 0 Å². The number of halogens is 2. The number of hydrogen-bond acceptors (Lipinski definition) is 7. The second-order valence-corrected chi connectivity index (χ2v) is 5.36. The largest absolute Gasteiger partial charge is 0.347 e. The van der Waals surface area contributed by atoms with E-state index in [0.717, 1.165) is 10.2 Å². The molecule has 9 heteroatoms. The predicted octanol–water partition coefficient (Wildman–Crippen LogP) is 2.38. The Bertz CT molecular complexity index is 620. The average molecular weight is 359 g/mol. The van der Waals surface area contributed by atoms with Crippen molar-refractivity contribution >= 4 is 51.1 Å². The molecule has 4 N–H and O–H groups in total. The number of rotatable bonds is 4. The molecule has 20 heavy (non-hydrogen) atoms. The van der Waals surface area contributed by atoms with Crippen molar-refractivity contribution in [1.29, 1.82) is 0 Å². The highest BCUT2D eigenvalue weighted by Crippen LogP contribution is 2.28. The summed E-state index contributed by atoms with van der Waals surface area (Å²) in [6.45, 7) is 0. The van der Waals surface area contributed by atoms with Crippen LogP contribution >= 0.6 is 27.5 Å². The number of nitrogens with zero attached hydrogens (tertiary/aromatic N) is 4. The van der Waals surface area contributed by atoms with Crippen LogP contribution in [0.3, 0.4) is 0 Å². The van der Waals surface area contributed by atoms with Gasteiger partial charge < -0.3 is 10.2 Å². The van der Waals surface area contributed by atoms with Crippen LogP contribution in [-0.2, 0) is 0 Å². The Hall–Kier alpha value is -1.64. The molecule has 0 saturated heterocycles. The third kappa shape index (κ3) is 3.47. The zero-order valence-corrected chi connectivity index (χ0v) is 13.2. The van der Waals surface area contributed by atoms with Gasteiger partial charge >= 0.3 is 0 Å². The zero-order chi connectivity index (χ0) is 14.7. The molecule has 0 aliphatic carbocycles. The molecule has 1 aromatic heterocycles. The number of benzene rings is 1. The van der Waals surface area contributed by atoms with Crippen LogP contribution in [0.2, 0.25) is 5.02 Å². The topological polar surface area (TPSA) is 92.0 Å². The number of nitrogen functional groups attached to an aromatic ring is 1. The van der Waals surface area contributed by atoms with Crippen LogP contribution in [0.15, 0.2) is 22.7 Å². The van der Waals surface area contributed by atoms with Crippen molar-refractivity contribution < 1.29 is 0 Å². The molecule has 0 aliphatic rings. The third-order valence-electron chi connectivity index (χ3n) is 2.33. The lowest BCUT2D eigenvalue weighted by atomic mass is 10.3. The first-order chi connectivity index (χ1) is 9.49. The molecule has 0 aliphatic heterocycles. The van der Waals surface area contributed by atoms with Crippen molar-refractivity contribution in [2.45, 2.75) is 0 Å². The fourth-order valence-electron chi connectivity index (χ4n) is 1.40. The summed E-state index contributed by atoms with van der Waals surface area (Å²) in [7, 11) is 3.66. The summed E-state index contributed by atoms with van der Waals surface area (Å²) in [5.41, 5.74) is 3.20. The van der Waals surface area contributed by atoms with Gasteiger partial charge in [-0.05, 0) is 34.1 Å². The molecule has 0 bridgehead atoms. The summed E-state index contributed by atoms with van der Waals surface area (Å²) in [5.74, 6) is 6.49. The van der Waals surface area contributed by atoms with Crippen LogP contribution in [0.4, 0.5) is 23.5 Å². The summed E-state index contributed by atoms with van der Waals surface area (Å²) in [5, 5.41) is 3.71. The molecule has 7 nitrogen and oxygen atoms in total. The summed E-state index contributed by atoms with van der Waals surface area (Å²) in [4.78, 5) is 14.3. The van der Waals surface area contributed by atoms with Gasteiger partial charge in [-0.3, -0.25) is 5.43 Å². The van der Waals surface area contributed by atoms with Crippen LogP contribution in [0, 0.1) is 0 Å². The van der Waals surface area contributed by atoms with Crippen molar-refractivity contribution in [3.8, 4) is 0 Å². The van der Waals surface area contributed by atoms with Crippen molar-refractivity contribution in [3.63, 3.8) is 0 Å². The molecule has 0 saturated carbocycles. The summed E-state index contributed by atoms with van der Waals surface area (Å²) in [6.07, 6.45) is 0. The maximum atomic E-state index is 5.90. The average Bonchev–Trinajstić information content (AvgIpc) is 2.41. The number of aromatic nitrogens is 3. The lowest BCUT2D eigenvalue weighted by molar-refractivity contribution is 0.957. The molecule has 2 aromatic rings. The Morgan fingerprint density at radius 2 is 1.90 bits per heavy atom. The monoisotopic (exact) mass is 357 g/mol. The predicted molar refractivity (Wildman–Crippen MR) is 84.4 cm³/mol. The number of hydrazine groups is 1. The van der Waals surface area contributed by atoms with E-state index in [-0.39, 0.29) is 5.95 Å². The van der Waals surface area contributed by atoms with Crippen LogP contribution in [0.25, 0.3) is 0 Å². The van der Waals surface area contributed by atoms with E-state index in [2.05, 4.69) is 41.6 Å². The number of nitrogens with two attached hydrogens (primary N) is 1. The summed E-state index contributed by atoms with van der Waals surface area (Å²) in [6, 6.07) is 5.37. The SMILES string of the molecule is CN(C)c1nc(NN)nc(Nc2ccc(Cl)cc2Br)n1. The number of nitrogens with one attached hydrogen (secondary N) is 2. The second-order valence-electron chi connectivity index (χ2n) is 4.07. The standard InChI is InChI=1S/C11H13BrClN7/c1-20(2)11-17-9(16-10(18-11)19-14)15-8-4-3-6(13)5-7(8)12/h3-5H,14H2,1-2H3,(H2,15,16,17,18,19). The first-order valence-corrected chi connectivity index (χ1v) is 6.79. The van der Waals surface area contributed by atoms with Crippen molar-refractivity contribution in [2.24, 2.45) is 5.84 Å². The lowest BCUT2D eigenvalue weighted by Crippen LogP contribution is -2.18. The zero-order valence-electron chi connectivity index (χ0n) is 10.9. The molecule has 0 radical (unpaired) electrons. The van der Waals surface area contributed by atoms with E-state index in [1.54, 1.807) is 17.0 Å². The van der Waals surface area contributed by atoms with E-state index in [4.69, 9.17) is 17.4 Å². The molecule has 0 fully saturated rings. The van der Waals surface area contributed by atoms with Gasteiger partial charge in [0.1, 0.15) is 0 Å². The fourth-order valence-corrected chi connectivity index (χ4v) is 2.18. The van der Waals surface area contributed by atoms with E-state index >= 15 is 0 Å². The molecule has 0 atom stereocenters. The maximum absolute atomic E-state index is 5.90. The van der Waals surface area contributed by atoms with Crippen LogP contribution in [0.1, 0.15) is 0 Å².